The molecule has 0 aliphatic rings. The van der Waals surface area contributed by atoms with Gasteiger partial charge in [-0.25, -0.2) is 13.1 Å². The number of hydrogen-bond acceptors (Lipinski definition) is 5. The van der Waals surface area contributed by atoms with Crippen molar-refractivity contribution in [3.63, 3.8) is 0 Å². The Labute approximate surface area is 128 Å². The molecule has 0 aliphatic carbocycles. The molecule has 2 N–H and O–H groups in total. The van der Waals surface area contributed by atoms with Crippen LogP contribution in [-0.4, -0.2) is 27.2 Å². The van der Waals surface area contributed by atoms with Crippen LogP contribution in [0.25, 0.3) is 0 Å². The molecule has 0 unspecified atom stereocenters. The van der Waals surface area contributed by atoms with E-state index in [0.717, 1.165) is 22.6 Å². The largest absolute Gasteiger partial charge is 0.496 e. The number of sulfonamides is 1. The van der Waals surface area contributed by atoms with Crippen molar-refractivity contribution in [2.45, 2.75) is 17.2 Å². The number of aliphatic hydroxyl groups is 1. The van der Waals surface area contributed by atoms with E-state index in [9.17, 15) is 8.42 Å². The van der Waals surface area contributed by atoms with Crippen LogP contribution in [-0.2, 0) is 23.1 Å². The minimum atomic E-state index is -3.52. The molecule has 0 spiro atoms. The van der Waals surface area contributed by atoms with Crippen LogP contribution in [0, 0.1) is 0 Å². The van der Waals surface area contributed by atoms with Gasteiger partial charge in [-0.3, -0.25) is 0 Å². The summed E-state index contributed by atoms with van der Waals surface area (Å²) in [5, 5.41) is 10.6. The van der Waals surface area contributed by atoms with Gasteiger partial charge >= 0.3 is 0 Å². The Kier molecular flexibility index (Phi) is 5.35. The predicted molar refractivity (Wildman–Crippen MR) is 82.1 cm³/mol. The first-order valence-corrected chi connectivity index (χ1v) is 8.73. The summed E-state index contributed by atoms with van der Waals surface area (Å²) in [5.41, 5.74) is 1.55. The van der Waals surface area contributed by atoms with Gasteiger partial charge in [-0.1, -0.05) is 18.2 Å². The lowest BCUT2D eigenvalue weighted by molar-refractivity contribution is 0.282. The van der Waals surface area contributed by atoms with E-state index < -0.39 is 10.0 Å². The smallest absolute Gasteiger partial charge is 0.250 e. The molecule has 0 saturated heterocycles. The first-order chi connectivity index (χ1) is 10.1. The van der Waals surface area contributed by atoms with Gasteiger partial charge in [-0.05, 0) is 35.1 Å². The molecule has 0 fully saturated rings. The van der Waals surface area contributed by atoms with Gasteiger partial charge in [0.25, 0.3) is 0 Å². The van der Waals surface area contributed by atoms with Crippen LogP contribution in [0.2, 0.25) is 0 Å². The van der Waals surface area contributed by atoms with Crippen LogP contribution in [0.5, 0.6) is 5.75 Å². The van der Waals surface area contributed by atoms with Gasteiger partial charge in [-0.15, -0.1) is 11.3 Å². The average Bonchev–Trinajstić information content (AvgIpc) is 2.97. The number of hydrogen-bond donors (Lipinski definition) is 2. The Morgan fingerprint density at radius 2 is 2.10 bits per heavy atom. The highest BCUT2D eigenvalue weighted by Crippen LogP contribution is 2.21. The Bertz CT molecular complexity index is 695. The lowest BCUT2D eigenvalue weighted by atomic mass is 10.1. The summed E-state index contributed by atoms with van der Waals surface area (Å²) in [6, 6.07) is 8.99. The fraction of sp³-hybridized carbons (Fsp3) is 0.286. The molecule has 0 aliphatic heterocycles. The van der Waals surface area contributed by atoms with E-state index in [1.807, 2.05) is 24.3 Å². The molecule has 1 heterocycles. The summed E-state index contributed by atoms with van der Waals surface area (Å²) in [5.74, 6) is 0.746. The second-order valence-corrected chi connectivity index (χ2v) is 7.30. The highest BCUT2D eigenvalue weighted by Gasteiger charge is 2.16. The zero-order valence-corrected chi connectivity index (χ0v) is 13.2. The molecular formula is C14H17NO4S2. The number of rotatable bonds is 7. The predicted octanol–water partition coefficient (Wildman–Crippen LogP) is 1.77. The number of para-hydroxylation sites is 1. The molecule has 0 amide bonds. The average molecular weight is 327 g/mol. The highest BCUT2D eigenvalue weighted by molar-refractivity contribution is 7.91. The molecule has 0 saturated carbocycles. The van der Waals surface area contributed by atoms with Crippen LogP contribution in [0.4, 0.5) is 0 Å². The lowest BCUT2D eigenvalue weighted by Gasteiger charge is -2.08. The van der Waals surface area contributed by atoms with Gasteiger partial charge in [0.05, 0.1) is 13.7 Å². The SMILES string of the molecule is COc1ccccc1CCNS(=O)(=O)c1cc(CO)cs1. The molecule has 0 atom stereocenters. The highest BCUT2D eigenvalue weighted by atomic mass is 32.2. The fourth-order valence-corrected chi connectivity index (χ4v) is 4.15. The maximum atomic E-state index is 12.1. The maximum Gasteiger partial charge on any atom is 0.250 e. The topological polar surface area (TPSA) is 75.6 Å². The van der Waals surface area contributed by atoms with Crippen LogP contribution in [0.15, 0.2) is 39.9 Å². The van der Waals surface area contributed by atoms with Crippen molar-refractivity contribution in [2.24, 2.45) is 0 Å². The Hall–Kier alpha value is -1.41. The van der Waals surface area contributed by atoms with E-state index in [1.54, 1.807) is 12.5 Å². The van der Waals surface area contributed by atoms with Crippen LogP contribution >= 0.6 is 11.3 Å². The molecule has 21 heavy (non-hydrogen) atoms. The first kappa shape index (κ1) is 16.0. The van der Waals surface area contributed by atoms with Gasteiger partial charge in [0.2, 0.25) is 10.0 Å². The molecular weight excluding hydrogens is 310 g/mol. The zero-order valence-electron chi connectivity index (χ0n) is 11.6. The molecule has 2 rings (SSSR count). The van der Waals surface area contributed by atoms with Gasteiger partial charge in [0, 0.05) is 6.54 Å². The summed E-state index contributed by atoms with van der Waals surface area (Å²) in [6.45, 7) is 0.127. The van der Waals surface area contributed by atoms with Crippen molar-refractivity contribution in [2.75, 3.05) is 13.7 Å². The Morgan fingerprint density at radius 3 is 2.76 bits per heavy atom. The van der Waals surface area contributed by atoms with Crippen molar-refractivity contribution in [1.29, 1.82) is 0 Å². The van der Waals surface area contributed by atoms with Gasteiger partial charge in [0.1, 0.15) is 9.96 Å². The van der Waals surface area contributed by atoms with Crippen molar-refractivity contribution in [3.05, 3.63) is 46.8 Å². The normalized spacial score (nSPS) is 11.5. The summed E-state index contributed by atoms with van der Waals surface area (Å²) < 4.78 is 32.2. The number of thiophene rings is 1. The summed E-state index contributed by atoms with van der Waals surface area (Å²) in [4.78, 5) is 0. The third-order valence-electron chi connectivity index (χ3n) is 2.96. The monoisotopic (exact) mass is 327 g/mol. The molecule has 7 heteroatoms. The summed E-state index contributed by atoms with van der Waals surface area (Å²) >= 11 is 1.10. The number of ether oxygens (including phenoxy) is 1. The molecule has 1 aromatic heterocycles. The molecule has 5 nitrogen and oxygen atoms in total. The van der Waals surface area contributed by atoms with Crippen LogP contribution < -0.4 is 9.46 Å². The van der Waals surface area contributed by atoms with Crippen LogP contribution in [0.3, 0.4) is 0 Å². The minimum Gasteiger partial charge on any atom is -0.496 e. The van der Waals surface area contributed by atoms with Crippen molar-refractivity contribution < 1.29 is 18.3 Å². The number of benzene rings is 1. The summed E-state index contributed by atoms with van der Waals surface area (Å²) in [7, 11) is -1.93. The van der Waals surface area contributed by atoms with Crippen molar-refractivity contribution >= 4 is 21.4 Å². The molecule has 2 aromatic rings. The third-order valence-corrected chi connectivity index (χ3v) is 5.91. The van der Waals surface area contributed by atoms with E-state index >= 15 is 0 Å². The van der Waals surface area contributed by atoms with Crippen LogP contribution in [0.1, 0.15) is 11.1 Å². The van der Waals surface area contributed by atoms with Gasteiger partial charge in [-0.2, -0.15) is 0 Å². The van der Waals surface area contributed by atoms with E-state index in [2.05, 4.69) is 4.72 Å². The Morgan fingerprint density at radius 1 is 1.33 bits per heavy atom. The molecule has 114 valence electrons. The standard InChI is InChI=1S/C14H17NO4S2/c1-19-13-5-3-2-4-12(13)6-7-15-21(17,18)14-8-11(9-16)10-20-14/h2-5,8,10,15-16H,6-7,9H2,1H3. The van der Waals surface area contributed by atoms with Crippen molar-refractivity contribution in [1.82, 2.24) is 4.72 Å². The fourth-order valence-electron chi connectivity index (χ4n) is 1.88. The lowest BCUT2D eigenvalue weighted by Crippen LogP contribution is -2.25. The Balaban J connectivity index is 1.99. The van der Waals surface area contributed by atoms with E-state index in [0.29, 0.717) is 12.0 Å². The van der Waals surface area contributed by atoms with E-state index in [4.69, 9.17) is 9.84 Å². The molecule has 0 bridgehead atoms. The third kappa shape index (κ3) is 4.04. The zero-order chi connectivity index (χ0) is 15.3. The van der Waals surface area contributed by atoms with E-state index in [1.165, 1.54) is 6.07 Å². The minimum absolute atomic E-state index is 0.159. The number of nitrogens with one attached hydrogen (secondary N) is 1. The number of aliphatic hydroxyl groups excluding tert-OH is 1. The molecule has 1 aromatic carbocycles. The van der Waals surface area contributed by atoms with Gasteiger partial charge in [0.15, 0.2) is 0 Å². The second-order valence-electron chi connectivity index (χ2n) is 4.39. The summed E-state index contributed by atoms with van der Waals surface area (Å²) in [6.07, 6.45) is 0.543. The first-order valence-electron chi connectivity index (χ1n) is 6.36. The van der Waals surface area contributed by atoms with E-state index in [-0.39, 0.29) is 17.4 Å². The molecule has 0 radical (unpaired) electrons. The van der Waals surface area contributed by atoms with Crippen molar-refractivity contribution in [3.8, 4) is 5.75 Å². The van der Waals surface area contributed by atoms with Gasteiger partial charge < -0.3 is 9.84 Å². The number of methoxy groups -OCH3 is 1. The quantitative estimate of drug-likeness (QED) is 0.813. The maximum absolute atomic E-state index is 12.1. The second kappa shape index (κ2) is 7.04.